The number of hydrogen-bond acceptors (Lipinski definition) is 4. The van der Waals surface area contributed by atoms with Gasteiger partial charge in [0.1, 0.15) is 5.37 Å². The van der Waals surface area contributed by atoms with Crippen molar-refractivity contribution in [2.75, 3.05) is 51.9 Å². The summed E-state index contributed by atoms with van der Waals surface area (Å²) in [4.78, 5) is 18.6. The maximum Gasteiger partial charge on any atom is 0.233 e. The lowest BCUT2D eigenvalue weighted by Gasteiger charge is -2.35. The Balaban J connectivity index is 2.24. The van der Waals surface area contributed by atoms with E-state index in [1.54, 1.807) is 11.8 Å². The van der Waals surface area contributed by atoms with E-state index in [0.717, 1.165) is 29.4 Å². The smallest absolute Gasteiger partial charge is 0.233 e. The molecule has 1 heterocycles. The van der Waals surface area contributed by atoms with Gasteiger partial charge in [-0.15, -0.1) is 11.8 Å². The molecule has 1 aliphatic heterocycles. The van der Waals surface area contributed by atoms with Crippen molar-refractivity contribution in [2.45, 2.75) is 19.2 Å². The predicted molar refractivity (Wildman–Crippen MR) is 105 cm³/mol. The fourth-order valence-corrected chi connectivity index (χ4v) is 4.81. The Bertz CT molecular complexity index is 604. The zero-order valence-corrected chi connectivity index (χ0v) is 17.0. The number of carbonyl (C=O) groups is 1. The Morgan fingerprint density at radius 2 is 1.96 bits per heavy atom. The van der Waals surface area contributed by atoms with Gasteiger partial charge in [0.15, 0.2) is 0 Å². The molecule has 1 aromatic rings. The molecule has 134 valence electrons. The lowest BCUT2D eigenvalue weighted by molar-refractivity contribution is -0.129. The van der Waals surface area contributed by atoms with Crippen LogP contribution in [0.1, 0.15) is 24.8 Å². The molecule has 24 heavy (non-hydrogen) atoms. The number of amides is 1. The SMILES string of the molecule is CN(C)CC(C)(C)CN1C(=O)CSC1c1ccc(N(C)C)cc1Cl. The van der Waals surface area contributed by atoms with E-state index >= 15 is 0 Å². The number of carbonyl (C=O) groups excluding carboxylic acids is 1. The van der Waals surface area contributed by atoms with Crippen LogP contribution >= 0.6 is 23.4 Å². The van der Waals surface area contributed by atoms with Crippen molar-refractivity contribution in [1.82, 2.24) is 9.80 Å². The van der Waals surface area contributed by atoms with Crippen LogP contribution < -0.4 is 4.90 Å². The second-order valence-corrected chi connectivity index (χ2v) is 9.16. The van der Waals surface area contributed by atoms with Crippen molar-refractivity contribution in [3.63, 3.8) is 0 Å². The van der Waals surface area contributed by atoms with Crippen molar-refractivity contribution in [2.24, 2.45) is 5.41 Å². The number of benzene rings is 1. The van der Waals surface area contributed by atoms with Crippen LogP contribution in [-0.4, -0.2) is 62.7 Å². The quantitative estimate of drug-likeness (QED) is 0.765. The molecule has 6 heteroatoms. The van der Waals surface area contributed by atoms with E-state index in [4.69, 9.17) is 11.6 Å². The molecular weight excluding hydrogens is 342 g/mol. The highest BCUT2D eigenvalue weighted by atomic mass is 35.5. The van der Waals surface area contributed by atoms with Gasteiger partial charge in [0.05, 0.1) is 5.75 Å². The predicted octanol–water partition coefficient (Wildman–Crippen LogP) is 3.57. The third-order valence-corrected chi connectivity index (χ3v) is 5.64. The minimum Gasteiger partial charge on any atom is -0.378 e. The van der Waals surface area contributed by atoms with Crippen molar-refractivity contribution in [3.8, 4) is 0 Å². The van der Waals surface area contributed by atoms with Crippen LogP contribution in [0.5, 0.6) is 0 Å². The van der Waals surface area contributed by atoms with E-state index in [0.29, 0.717) is 5.75 Å². The molecule has 0 aromatic heterocycles. The first-order valence-corrected chi connectivity index (χ1v) is 9.56. The number of hydrogen-bond donors (Lipinski definition) is 0. The third kappa shape index (κ3) is 4.58. The monoisotopic (exact) mass is 369 g/mol. The fourth-order valence-electron chi connectivity index (χ4n) is 3.24. The van der Waals surface area contributed by atoms with Crippen LogP contribution in [0, 0.1) is 5.41 Å². The van der Waals surface area contributed by atoms with Crippen molar-refractivity contribution < 1.29 is 4.79 Å². The number of nitrogens with zero attached hydrogens (tertiary/aromatic N) is 3. The topological polar surface area (TPSA) is 26.8 Å². The van der Waals surface area contributed by atoms with Gasteiger partial charge < -0.3 is 14.7 Å². The highest BCUT2D eigenvalue weighted by molar-refractivity contribution is 8.00. The lowest BCUT2D eigenvalue weighted by Crippen LogP contribution is -2.41. The zero-order valence-electron chi connectivity index (χ0n) is 15.5. The maximum absolute atomic E-state index is 12.4. The summed E-state index contributed by atoms with van der Waals surface area (Å²) in [6, 6.07) is 6.09. The molecule has 0 bridgehead atoms. The maximum atomic E-state index is 12.4. The molecule has 0 saturated carbocycles. The summed E-state index contributed by atoms with van der Waals surface area (Å²) in [5, 5.41) is 0.728. The first kappa shape index (κ1) is 19.4. The Kier molecular flexibility index (Phi) is 6.10. The minimum absolute atomic E-state index is 0.00245. The van der Waals surface area contributed by atoms with Crippen LogP contribution in [0.15, 0.2) is 18.2 Å². The zero-order chi connectivity index (χ0) is 18.1. The van der Waals surface area contributed by atoms with Gasteiger partial charge in [-0.05, 0) is 31.6 Å². The summed E-state index contributed by atoms with van der Waals surface area (Å²) >= 11 is 8.20. The van der Waals surface area contributed by atoms with E-state index < -0.39 is 0 Å². The van der Waals surface area contributed by atoms with Gasteiger partial charge in [0.2, 0.25) is 5.91 Å². The Labute approximate surface area is 155 Å². The Hall–Kier alpha value is -0.910. The molecule has 1 unspecified atom stereocenters. The van der Waals surface area contributed by atoms with Crippen LogP contribution in [0.4, 0.5) is 5.69 Å². The van der Waals surface area contributed by atoms with Crippen molar-refractivity contribution in [1.29, 1.82) is 0 Å². The van der Waals surface area contributed by atoms with Gasteiger partial charge >= 0.3 is 0 Å². The highest BCUT2D eigenvalue weighted by Crippen LogP contribution is 2.43. The molecule has 1 aliphatic rings. The number of rotatable bonds is 6. The average Bonchev–Trinajstić information content (AvgIpc) is 2.78. The van der Waals surface area contributed by atoms with Gasteiger partial charge in [-0.1, -0.05) is 31.5 Å². The second kappa shape index (κ2) is 7.54. The van der Waals surface area contributed by atoms with Gasteiger partial charge in [0.25, 0.3) is 0 Å². The standard InChI is InChI=1S/C18H28ClN3OS/c1-18(2,11-20(3)4)12-22-16(23)10-24-17(22)14-8-7-13(21(5)6)9-15(14)19/h7-9,17H,10-12H2,1-6H3. The number of anilines is 1. The van der Waals surface area contributed by atoms with E-state index in [1.807, 2.05) is 30.0 Å². The van der Waals surface area contributed by atoms with Gasteiger partial charge in [-0.2, -0.15) is 0 Å². The van der Waals surface area contributed by atoms with E-state index in [1.165, 1.54) is 0 Å². The summed E-state index contributed by atoms with van der Waals surface area (Å²) in [5.74, 6) is 0.721. The van der Waals surface area contributed by atoms with Gasteiger partial charge in [-0.3, -0.25) is 4.79 Å². The average molecular weight is 370 g/mol. The number of thioether (sulfide) groups is 1. The molecule has 1 saturated heterocycles. The Morgan fingerprint density at radius 1 is 1.29 bits per heavy atom. The molecule has 4 nitrogen and oxygen atoms in total. The molecule has 0 spiro atoms. The van der Waals surface area contributed by atoms with Gasteiger partial charge in [0, 0.05) is 43.5 Å². The molecular formula is C18H28ClN3OS. The Morgan fingerprint density at radius 3 is 2.50 bits per heavy atom. The van der Waals surface area contributed by atoms with E-state index in [-0.39, 0.29) is 16.7 Å². The third-order valence-electron chi connectivity index (χ3n) is 4.08. The van der Waals surface area contributed by atoms with E-state index in [9.17, 15) is 4.79 Å². The summed E-state index contributed by atoms with van der Waals surface area (Å²) < 4.78 is 0. The summed E-state index contributed by atoms with van der Waals surface area (Å²) in [6.45, 7) is 6.07. The van der Waals surface area contributed by atoms with Crippen LogP contribution in [-0.2, 0) is 4.79 Å². The fraction of sp³-hybridized carbons (Fsp3) is 0.611. The highest BCUT2D eigenvalue weighted by Gasteiger charge is 2.37. The summed E-state index contributed by atoms with van der Waals surface area (Å²) in [5.41, 5.74) is 2.12. The van der Waals surface area contributed by atoms with Crippen LogP contribution in [0.25, 0.3) is 0 Å². The first-order chi connectivity index (χ1) is 11.1. The number of halogens is 1. The normalized spacial score (nSPS) is 18.6. The lowest BCUT2D eigenvalue weighted by atomic mass is 9.92. The summed E-state index contributed by atoms with van der Waals surface area (Å²) in [6.07, 6.45) is 0. The molecule has 2 rings (SSSR count). The summed E-state index contributed by atoms with van der Waals surface area (Å²) in [7, 11) is 8.12. The molecule has 1 aromatic carbocycles. The molecule has 0 N–H and O–H groups in total. The molecule has 0 aliphatic carbocycles. The minimum atomic E-state index is 0.00245. The largest absolute Gasteiger partial charge is 0.378 e. The molecule has 1 atom stereocenters. The van der Waals surface area contributed by atoms with Gasteiger partial charge in [-0.25, -0.2) is 0 Å². The van der Waals surface area contributed by atoms with Crippen LogP contribution in [0.2, 0.25) is 5.02 Å². The first-order valence-electron chi connectivity index (χ1n) is 8.13. The molecule has 1 amide bonds. The van der Waals surface area contributed by atoms with E-state index in [2.05, 4.69) is 45.0 Å². The van der Waals surface area contributed by atoms with Crippen LogP contribution in [0.3, 0.4) is 0 Å². The van der Waals surface area contributed by atoms with Crippen molar-refractivity contribution >= 4 is 35.0 Å². The van der Waals surface area contributed by atoms with Crippen molar-refractivity contribution in [3.05, 3.63) is 28.8 Å². The second-order valence-electron chi connectivity index (χ2n) is 7.69. The molecule has 1 fully saturated rings. The molecule has 0 radical (unpaired) electrons.